The van der Waals surface area contributed by atoms with Gasteiger partial charge in [0.15, 0.2) is 0 Å². The van der Waals surface area contributed by atoms with E-state index < -0.39 is 10.0 Å². The molecule has 0 radical (unpaired) electrons. The Morgan fingerprint density at radius 2 is 1.94 bits per heavy atom. The highest BCUT2D eigenvalue weighted by Gasteiger charge is 2.19. The fourth-order valence-corrected chi connectivity index (χ4v) is 3.22. The quantitative estimate of drug-likeness (QED) is 0.859. The highest BCUT2D eigenvalue weighted by molar-refractivity contribution is 7.99. The second-order valence-electron chi connectivity index (χ2n) is 3.98. The molecule has 0 atom stereocenters. The van der Waals surface area contributed by atoms with E-state index in [-0.39, 0.29) is 10.8 Å². The van der Waals surface area contributed by atoms with Gasteiger partial charge in [0, 0.05) is 30.2 Å². The molecule has 1 heterocycles. The molecule has 7 heteroatoms. The van der Waals surface area contributed by atoms with Crippen molar-refractivity contribution in [2.45, 2.75) is 4.90 Å². The lowest BCUT2D eigenvalue weighted by Gasteiger charge is -2.26. The van der Waals surface area contributed by atoms with E-state index in [0.717, 1.165) is 11.5 Å². The molecule has 1 fully saturated rings. The van der Waals surface area contributed by atoms with Crippen LogP contribution in [0.15, 0.2) is 29.2 Å². The van der Waals surface area contributed by atoms with Crippen LogP contribution < -0.4 is 5.14 Å². The first-order valence-corrected chi connectivity index (χ1v) is 8.18. The first-order chi connectivity index (χ1) is 8.48. The molecule has 0 aliphatic carbocycles. The highest BCUT2D eigenvalue weighted by atomic mass is 32.2. The van der Waals surface area contributed by atoms with Gasteiger partial charge in [-0.3, -0.25) is 4.79 Å². The smallest absolute Gasteiger partial charge is 0.253 e. The van der Waals surface area contributed by atoms with E-state index in [1.54, 1.807) is 11.0 Å². The maximum absolute atomic E-state index is 12.2. The second-order valence-corrected chi connectivity index (χ2v) is 6.76. The number of rotatable bonds is 2. The Morgan fingerprint density at radius 3 is 2.56 bits per heavy atom. The number of nitrogens with two attached hydrogens (primary N) is 1. The number of nitrogens with zero attached hydrogens (tertiary/aromatic N) is 1. The van der Waals surface area contributed by atoms with Crippen molar-refractivity contribution in [2.24, 2.45) is 5.14 Å². The molecular weight excluding hydrogens is 272 g/mol. The zero-order chi connectivity index (χ0) is 13.2. The van der Waals surface area contributed by atoms with Crippen molar-refractivity contribution in [3.63, 3.8) is 0 Å². The molecule has 1 aliphatic heterocycles. The number of hydrogen-bond acceptors (Lipinski definition) is 4. The molecule has 18 heavy (non-hydrogen) atoms. The first-order valence-electron chi connectivity index (χ1n) is 5.48. The Balaban J connectivity index is 2.25. The van der Waals surface area contributed by atoms with Crippen molar-refractivity contribution in [1.29, 1.82) is 0 Å². The van der Waals surface area contributed by atoms with Gasteiger partial charge < -0.3 is 4.90 Å². The molecule has 98 valence electrons. The maximum Gasteiger partial charge on any atom is 0.253 e. The Morgan fingerprint density at radius 1 is 1.28 bits per heavy atom. The van der Waals surface area contributed by atoms with E-state index in [4.69, 9.17) is 5.14 Å². The van der Waals surface area contributed by atoms with Crippen molar-refractivity contribution in [3.05, 3.63) is 29.8 Å². The summed E-state index contributed by atoms with van der Waals surface area (Å²) in [5.74, 6) is 1.70. The van der Waals surface area contributed by atoms with Crippen molar-refractivity contribution >= 4 is 27.7 Å². The summed E-state index contributed by atoms with van der Waals surface area (Å²) in [6.45, 7) is 1.40. The van der Waals surface area contributed by atoms with Crippen LogP contribution in [-0.2, 0) is 10.0 Å². The molecule has 2 rings (SSSR count). The number of hydrogen-bond donors (Lipinski definition) is 1. The van der Waals surface area contributed by atoms with Gasteiger partial charge in [0.05, 0.1) is 4.90 Å². The summed E-state index contributed by atoms with van der Waals surface area (Å²) >= 11 is 1.81. The number of amides is 1. The minimum atomic E-state index is -3.76. The van der Waals surface area contributed by atoms with Crippen LogP contribution in [0.1, 0.15) is 10.4 Å². The van der Waals surface area contributed by atoms with Crippen LogP contribution in [0, 0.1) is 0 Å². The van der Waals surface area contributed by atoms with E-state index in [1.165, 1.54) is 18.2 Å². The monoisotopic (exact) mass is 286 g/mol. The minimum Gasteiger partial charge on any atom is -0.337 e. The fourth-order valence-electron chi connectivity index (χ4n) is 1.76. The Hall–Kier alpha value is -1.05. The molecule has 0 bridgehead atoms. The molecule has 0 unspecified atom stereocenters. The molecule has 1 aromatic carbocycles. The van der Waals surface area contributed by atoms with Gasteiger partial charge in [0.25, 0.3) is 5.91 Å². The molecule has 1 saturated heterocycles. The second kappa shape index (κ2) is 5.29. The predicted molar refractivity (Wildman–Crippen MR) is 71.0 cm³/mol. The number of carbonyl (C=O) groups is 1. The van der Waals surface area contributed by atoms with E-state index >= 15 is 0 Å². The van der Waals surface area contributed by atoms with Crippen LogP contribution in [0.25, 0.3) is 0 Å². The third-order valence-electron chi connectivity index (χ3n) is 2.71. The van der Waals surface area contributed by atoms with Gasteiger partial charge in [0.1, 0.15) is 0 Å². The number of primary sulfonamides is 1. The molecule has 0 aromatic heterocycles. The summed E-state index contributed by atoms with van der Waals surface area (Å²) in [6.07, 6.45) is 0. The lowest BCUT2D eigenvalue weighted by molar-refractivity contribution is 0.0772. The molecule has 0 spiro atoms. The van der Waals surface area contributed by atoms with Gasteiger partial charge >= 0.3 is 0 Å². The predicted octanol–water partition coefficient (Wildman–Crippen LogP) is 0.523. The zero-order valence-corrected chi connectivity index (χ0v) is 11.3. The third kappa shape index (κ3) is 3.04. The summed E-state index contributed by atoms with van der Waals surface area (Å²) < 4.78 is 22.5. The van der Waals surface area contributed by atoms with Gasteiger partial charge in [-0.1, -0.05) is 6.07 Å². The summed E-state index contributed by atoms with van der Waals surface area (Å²) in [5.41, 5.74) is 0.369. The van der Waals surface area contributed by atoms with Crippen LogP contribution in [0.3, 0.4) is 0 Å². The SMILES string of the molecule is NS(=O)(=O)c1cccc(C(=O)N2CCSCC2)c1. The van der Waals surface area contributed by atoms with Crippen LogP contribution in [0.2, 0.25) is 0 Å². The molecule has 1 aliphatic rings. The molecule has 1 amide bonds. The van der Waals surface area contributed by atoms with Gasteiger partial charge in [0.2, 0.25) is 10.0 Å². The first kappa shape index (κ1) is 13.4. The van der Waals surface area contributed by atoms with Gasteiger partial charge in [-0.05, 0) is 18.2 Å². The lowest BCUT2D eigenvalue weighted by Crippen LogP contribution is -2.37. The fraction of sp³-hybridized carbons (Fsp3) is 0.364. The molecule has 0 saturated carbocycles. The normalized spacial score (nSPS) is 16.6. The lowest BCUT2D eigenvalue weighted by atomic mass is 10.2. The van der Waals surface area contributed by atoms with Crippen LogP contribution in [-0.4, -0.2) is 43.8 Å². The average molecular weight is 286 g/mol. The Kier molecular flexibility index (Phi) is 3.94. The van der Waals surface area contributed by atoms with Crippen molar-refractivity contribution < 1.29 is 13.2 Å². The van der Waals surface area contributed by atoms with Gasteiger partial charge in [-0.25, -0.2) is 13.6 Å². The summed E-state index contributed by atoms with van der Waals surface area (Å²) in [7, 11) is -3.76. The Labute approximate surface area is 110 Å². The maximum atomic E-state index is 12.2. The number of benzene rings is 1. The summed E-state index contributed by atoms with van der Waals surface area (Å²) in [6, 6.07) is 5.86. The Bertz CT molecular complexity index is 551. The largest absolute Gasteiger partial charge is 0.337 e. The number of carbonyl (C=O) groups excluding carboxylic acids is 1. The number of sulfonamides is 1. The van der Waals surface area contributed by atoms with Crippen LogP contribution in [0.4, 0.5) is 0 Å². The van der Waals surface area contributed by atoms with E-state index in [2.05, 4.69) is 0 Å². The molecule has 5 nitrogen and oxygen atoms in total. The molecular formula is C11H14N2O3S2. The zero-order valence-electron chi connectivity index (χ0n) is 9.70. The highest BCUT2D eigenvalue weighted by Crippen LogP contribution is 2.15. The summed E-state index contributed by atoms with van der Waals surface area (Å²) in [5, 5.41) is 5.05. The van der Waals surface area contributed by atoms with Crippen molar-refractivity contribution in [3.8, 4) is 0 Å². The minimum absolute atomic E-state index is 0.0280. The van der Waals surface area contributed by atoms with Crippen LogP contribution in [0.5, 0.6) is 0 Å². The van der Waals surface area contributed by atoms with Crippen LogP contribution >= 0.6 is 11.8 Å². The van der Waals surface area contributed by atoms with Crippen molar-refractivity contribution in [2.75, 3.05) is 24.6 Å². The average Bonchev–Trinajstić information content (AvgIpc) is 2.38. The molecule has 1 aromatic rings. The third-order valence-corrected chi connectivity index (χ3v) is 4.56. The molecule has 2 N–H and O–H groups in total. The standard InChI is InChI=1S/C11H14N2O3S2/c12-18(15,16)10-3-1-2-9(8-10)11(14)13-4-6-17-7-5-13/h1-3,8H,4-7H2,(H2,12,15,16). The topological polar surface area (TPSA) is 80.5 Å². The van der Waals surface area contributed by atoms with E-state index in [9.17, 15) is 13.2 Å². The van der Waals surface area contributed by atoms with Crippen molar-refractivity contribution in [1.82, 2.24) is 4.90 Å². The van der Waals surface area contributed by atoms with Gasteiger partial charge in [-0.2, -0.15) is 11.8 Å². The van der Waals surface area contributed by atoms with E-state index in [1.807, 2.05) is 11.8 Å². The summed E-state index contributed by atoms with van der Waals surface area (Å²) in [4.78, 5) is 13.9. The van der Waals surface area contributed by atoms with E-state index in [0.29, 0.717) is 18.7 Å². The number of thioether (sulfide) groups is 1. The van der Waals surface area contributed by atoms with Gasteiger partial charge in [-0.15, -0.1) is 0 Å².